The van der Waals surface area contributed by atoms with Crippen molar-refractivity contribution in [1.29, 1.82) is 0 Å². The first-order chi connectivity index (χ1) is 29.5. The van der Waals surface area contributed by atoms with Crippen LogP contribution in [0.25, 0.3) is 81.0 Å². The molecule has 0 N–H and O–H groups in total. The van der Waals surface area contributed by atoms with E-state index >= 15 is 0 Å². The van der Waals surface area contributed by atoms with Gasteiger partial charge in [-0.3, -0.25) is 0 Å². The highest BCUT2D eigenvalue weighted by Gasteiger charge is 2.36. The van der Waals surface area contributed by atoms with Gasteiger partial charge >= 0.3 is 0 Å². The van der Waals surface area contributed by atoms with Gasteiger partial charge in [0.1, 0.15) is 0 Å². The van der Waals surface area contributed by atoms with Gasteiger partial charge in [-0.15, -0.1) is 11.3 Å². The third-order valence-corrected chi connectivity index (χ3v) is 13.9. The Hall–Kier alpha value is -7.20. The molecule has 2 aromatic heterocycles. The smallest absolute Gasteiger partial charge is 0.0561 e. The second kappa shape index (κ2) is 13.4. The number of thiophene rings is 1. The second-order valence-electron chi connectivity index (χ2n) is 16.5. The minimum absolute atomic E-state index is 0.152. The number of benzene rings is 9. The van der Waals surface area contributed by atoms with Crippen molar-refractivity contribution in [3.63, 3.8) is 0 Å². The van der Waals surface area contributed by atoms with Gasteiger partial charge in [-0.1, -0.05) is 159 Å². The summed E-state index contributed by atoms with van der Waals surface area (Å²) in [7, 11) is 0. The third-order valence-electron chi connectivity index (χ3n) is 12.8. The number of fused-ring (bicyclic) bond motifs is 9. The summed E-state index contributed by atoms with van der Waals surface area (Å²) in [5.41, 5.74) is 17.0. The van der Waals surface area contributed by atoms with Crippen molar-refractivity contribution in [1.82, 2.24) is 4.57 Å². The Balaban J connectivity index is 1.16. The molecule has 0 atom stereocenters. The SMILES string of the molecule is CC1(C)c2ccccc2-c2ccc(N(c3ccc4c5ccccc5n(-c5ccccc5)c4c3)c3ccc4sc5ccccc5c4c3-c3ccc(-c4ccccc4)cc3)cc21. The molecule has 12 rings (SSSR count). The summed E-state index contributed by atoms with van der Waals surface area (Å²) in [6.45, 7) is 4.75. The molecule has 1 aliphatic rings. The van der Waals surface area contributed by atoms with Crippen LogP contribution < -0.4 is 4.90 Å². The zero-order valence-corrected chi connectivity index (χ0v) is 34.2. The van der Waals surface area contributed by atoms with Crippen LogP contribution in [-0.4, -0.2) is 4.57 Å². The first-order valence-electron chi connectivity index (χ1n) is 20.8. The lowest BCUT2D eigenvalue weighted by molar-refractivity contribution is 0.660. The van der Waals surface area contributed by atoms with Gasteiger partial charge < -0.3 is 9.47 Å². The molecular weight excluding hydrogens is 745 g/mol. The Kier molecular flexibility index (Phi) is 7.79. The summed E-state index contributed by atoms with van der Waals surface area (Å²) in [4.78, 5) is 2.53. The van der Waals surface area contributed by atoms with E-state index in [-0.39, 0.29) is 5.41 Å². The molecule has 0 fully saturated rings. The van der Waals surface area contributed by atoms with Crippen LogP contribution in [0, 0.1) is 0 Å². The molecule has 0 bridgehead atoms. The van der Waals surface area contributed by atoms with Crippen LogP contribution in [0.4, 0.5) is 17.1 Å². The molecule has 11 aromatic rings. The monoisotopic (exact) mass is 784 g/mol. The molecule has 60 heavy (non-hydrogen) atoms. The Morgan fingerprint density at radius 2 is 1.05 bits per heavy atom. The van der Waals surface area contributed by atoms with Gasteiger partial charge in [0.15, 0.2) is 0 Å². The van der Waals surface area contributed by atoms with Crippen LogP contribution >= 0.6 is 11.3 Å². The molecule has 0 aliphatic heterocycles. The van der Waals surface area contributed by atoms with Crippen molar-refractivity contribution in [2.45, 2.75) is 19.3 Å². The number of anilines is 3. The quantitative estimate of drug-likeness (QED) is 0.163. The lowest BCUT2D eigenvalue weighted by atomic mass is 9.82. The van der Waals surface area contributed by atoms with Crippen LogP contribution in [-0.2, 0) is 5.41 Å². The first-order valence-corrected chi connectivity index (χ1v) is 21.6. The van der Waals surface area contributed by atoms with Crippen molar-refractivity contribution in [3.05, 3.63) is 217 Å². The normalized spacial score (nSPS) is 13.0. The van der Waals surface area contributed by atoms with E-state index in [1.54, 1.807) is 0 Å². The van der Waals surface area contributed by atoms with Gasteiger partial charge in [0, 0.05) is 59.0 Å². The summed E-state index contributed by atoms with van der Waals surface area (Å²) in [5.74, 6) is 0. The lowest BCUT2D eigenvalue weighted by Crippen LogP contribution is -2.17. The molecule has 3 heteroatoms. The van der Waals surface area contributed by atoms with Gasteiger partial charge in [-0.05, 0) is 99.6 Å². The summed E-state index contributed by atoms with van der Waals surface area (Å²) in [6, 6.07) is 76.2. The standard InChI is InChI=1S/C57H40N2S/c1-57(2)48-22-12-9-19-43(48)44-31-29-41(35-49(44)57)58(42-30-32-46-45-20-10-13-23-50(45)59(52(46)36-42)40-17-7-4-8-18-40)51-33-34-54-56(47-21-11-14-24-53(47)60-54)55(51)39-27-25-38(26-28-39)37-15-5-3-6-16-37/h3-36H,1-2H3. The number of rotatable bonds is 6. The lowest BCUT2D eigenvalue weighted by Gasteiger charge is -2.30. The number of para-hydroxylation sites is 2. The topological polar surface area (TPSA) is 8.17 Å². The second-order valence-corrected chi connectivity index (χ2v) is 17.6. The van der Waals surface area contributed by atoms with E-state index in [0.717, 1.165) is 22.7 Å². The van der Waals surface area contributed by atoms with Crippen molar-refractivity contribution in [2.24, 2.45) is 0 Å². The highest BCUT2D eigenvalue weighted by molar-refractivity contribution is 7.26. The highest BCUT2D eigenvalue weighted by Crippen LogP contribution is 2.53. The van der Waals surface area contributed by atoms with Gasteiger partial charge in [0.2, 0.25) is 0 Å². The maximum Gasteiger partial charge on any atom is 0.0561 e. The van der Waals surface area contributed by atoms with E-state index in [0.29, 0.717) is 0 Å². The van der Waals surface area contributed by atoms with Crippen molar-refractivity contribution in [3.8, 4) is 39.1 Å². The maximum atomic E-state index is 2.53. The van der Waals surface area contributed by atoms with E-state index in [1.165, 1.54) is 86.5 Å². The largest absolute Gasteiger partial charge is 0.310 e. The van der Waals surface area contributed by atoms with E-state index in [4.69, 9.17) is 0 Å². The van der Waals surface area contributed by atoms with Crippen molar-refractivity contribution < 1.29 is 0 Å². The molecule has 2 heterocycles. The van der Waals surface area contributed by atoms with Crippen molar-refractivity contribution >= 4 is 70.4 Å². The molecule has 0 saturated carbocycles. The van der Waals surface area contributed by atoms with E-state index in [1.807, 2.05) is 11.3 Å². The fourth-order valence-electron chi connectivity index (χ4n) is 9.96. The van der Waals surface area contributed by atoms with E-state index in [9.17, 15) is 0 Å². The minimum atomic E-state index is -0.152. The zero-order valence-electron chi connectivity index (χ0n) is 33.4. The molecule has 0 saturated heterocycles. The van der Waals surface area contributed by atoms with E-state index < -0.39 is 0 Å². The Bertz CT molecular complexity index is 3450. The van der Waals surface area contributed by atoms with Crippen LogP contribution in [0.1, 0.15) is 25.0 Å². The number of hydrogen-bond acceptors (Lipinski definition) is 2. The Labute approximate surface area is 353 Å². The summed E-state index contributed by atoms with van der Waals surface area (Å²) in [5, 5.41) is 5.06. The summed E-state index contributed by atoms with van der Waals surface area (Å²) >= 11 is 1.87. The molecule has 9 aromatic carbocycles. The molecule has 1 aliphatic carbocycles. The molecule has 2 nitrogen and oxygen atoms in total. The maximum absolute atomic E-state index is 2.53. The van der Waals surface area contributed by atoms with Gasteiger partial charge in [-0.2, -0.15) is 0 Å². The third kappa shape index (κ3) is 5.26. The molecular formula is C57H40N2S. The average molecular weight is 785 g/mol. The van der Waals surface area contributed by atoms with Gasteiger partial charge in [0.25, 0.3) is 0 Å². The zero-order chi connectivity index (χ0) is 40.0. The summed E-state index contributed by atoms with van der Waals surface area (Å²) in [6.07, 6.45) is 0. The molecule has 284 valence electrons. The predicted octanol–water partition coefficient (Wildman–Crippen LogP) is 16.3. The van der Waals surface area contributed by atoms with Crippen LogP contribution in [0.5, 0.6) is 0 Å². The molecule has 0 amide bonds. The summed E-state index contributed by atoms with van der Waals surface area (Å²) < 4.78 is 5.00. The van der Waals surface area contributed by atoms with Gasteiger partial charge in [0.05, 0.1) is 16.7 Å². The first kappa shape index (κ1) is 34.8. The predicted molar refractivity (Wildman–Crippen MR) is 257 cm³/mol. The van der Waals surface area contributed by atoms with E-state index in [2.05, 4.69) is 230 Å². The van der Waals surface area contributed by atoms with Crippen LogP contribution in [0.3, 0.4) is 0 Å². The molecule has 0 spiro atoms. The van der Waals surface area contributed by atoms with Crippen LogP contribution in [0.2, 0.25) is 0 Å². The van der Waals surface area contributed by atoms with Gasteiger partial charge in [-0.25, -0.2) is 0 Å². The van der Waals surface area contributed by atoms with Crippen molar-refractivity contribution in [2.75, 3.05) is 4.90 Å². The highest BCUT2D eigenvalue weighted by atomic mass is 32.1. The Morgan fingerprint density at radius 1 is 0.433 bits per heavy atom. The number of nitrogens with zero attached hydrogens (tertiary/aromatic N) is 2. The minimum Gasteiger partial charge on any atom is -0.310 e. The number of hydrogen-bond donors (Lipinski definition) is 0. The Morgan fingerprint density at radius 3 is 1.88 bits per heavy atom. The number of aromatic nitrogens is 1. The fraction of sp³-hybridized carbons (Fsp3) is 0.0526. The molecule has 0 radical (unpaired) electrons. The average Bonchev–Trinajstić information content (AvgIpc) is 3.92. The molecule has 0 unspecified atom stereocenters. The van der Waals surface area contributed by atoms with Crippen LogP contribution in [0.15, 0.2) is 206 Å². The fourth-order valence-corrected chi connectivity index (χ4v) is 11.1.